The molecule has 2 aromatic carbocycles. The molecule has 9 heteroatoms. The molecule has 2 aromatic rings. The second-order valence-electron chi connectivity index (χ2n) is 10.9. The minimum absolute atomic E-state index is 0.138. The lowest BCUT2D eigenvalue weighted by atomic mass is 10.1. The van der Waals surface area contributed by atoms with Gasteiger partial charge in [-0.2, -0.15) is 0 Å². The lowest BCUT2D eigenvalue weighted by molar-refractivity contribution is 0.0488. The van der Waals surface area contributed by atoms with Crippen LogP contribution >= 0.6 is 0 Å². The predicted molar refractivity (Wildman–Crippen MR) is 163 cm³/mol. The average Bonchev–Trinajstić information content (AvgIpc) is 3.27. The van der Waals surface area contributed by atoms with Crippen molar-refractivity contribution in [3.05, 3.63) is 64.7 Å². The molecule has 2 amide bonds. The number of carbonyl (C=O) groups excluding carboxylic acids is 4. The number of unbranched alkanes of at least 4 members (excludes halogenated alkanes) is 12. The van der Waals surface area contributed by atoms with Gasteiger partial charge in [0.15, 0.2) is 0 Å². The normalized spacial score (nSPS) is 12.5. The molecule has 0 saturated heterocycles. The summed E-state index contributed by atoms with van der Waals surface area (Å²) in [7, 11) is 0. The number of ether oxygens (including phenoxy) is 2. The fraction of sp³-hybridized carbons (Fsp3) is 0.529. The second kappa shape index (κ2) is 18.9. The minimum atomic E-state index is -0.539. The first-order chi connectivity index (χ1) is 21.0. The second-order valence-corrected chi connectivity index (χ2v) is 10.9. The van der Waals surface area contributed by atoms with Crippen molar-refractivity contribution in [3.63, 3.8) is 0 Å². The van der Waals surface area contributed by atoms with Gasteiger partial charge in [0.05, 0.1) is 41.2 Å². The number of benzene rings is 2. The van der Waals surface area contributed by atoms with Gasteiger partial charge in [-0.25, -0.2) is 14.5 Å². The number of fused-ring (bicyclic) bond motifs is 1. The van der Waals surface area contributed by atoms with Crippen LogP contribution in [0.5, 0.6) is 0 Å². The van der Waals surface area contributed by atoms with Crippen molar-refractivity contribution in [1.29, 1.82) is 0 Å². The number of aliphatic hydroxyl groups is 2. The molecule has 0 saturated carbocycles. The molecule has 3 rings (SSSR count). The monoisotopic (exact) mass is 595 g/mol. The van der Waals surface area contributed by atoms with E-state index in [1.54, 1.807) is 0 Å². The fourth-order valence-corrected chi connectivity index (χ4v) is 5.04. The van der Waals surface area contributed by atoms with Gasteiger partial charge < -0.3 is 19.7 Å². The lowest BCUT2D eigenvalue weighted by Gasteiger charge is -2.14. The number of rotatable bonds is 21. The molecular weight excluding hydrogens is 550 g/mol. The molecule has 1 aliphatic heterocycles. The molecule has 0 bridgehead atoms. The van der Waals surface area contributed by atoms with Crippen LogP contribution in [0.3, 0.4) is 0 Å². The predicted octanol–water partition coefficient (Wildman–Crippen LogP) is 6.25. The third-order valence-corrected chi connectivity index (χ3v) is 7.55. The summed E-state index contributed by atoms with van der Waals surface area (Å²) < 4.78 is 10.7. The molecule has 0 aromatic heterocycles. The molecule has 0 radical (unpaired) electrons. The van der Waals surface area contributed by atoms with E-state index in [9.17, 15) is 19.2 Å². The highest BCUT2D eigenvalue weighted by atomic mass is 16.5. The number of esters is 2. The van der Waals surface area contributed by atoms with Gasteiger partial charge >= 0.3 is 11.9 Å². The molecular formula is C34H45NO8. The number of imide groups is 1. The molecule has 2 N–H and O–H groups in total. The van der Waals surface area contributed by atoms with Crippen LogP contribution in [0, 0.1) is 0 Å². The van der Waals surface area contributed by atoms with E-state index in [0.717, 1.165) is 94.8 Å². The van der Waals surface area contributed by atoms with Crippen LogP contribution < -0.4 is 4.90 Å². The van der Waals surface area contributed by atoms with E-state index in [4.69, 9.17) is 19.7 Å². The Balaban J connectivity index is 1.44. The van der Waals surface area contributed by atoms with E-state index in [1.165, 1.54) is 42.5 Å². The molecule has 0 unspecified atom stereocenters. The number of hydrogen-bond acceptors (Lipinski definition) is 8. The largest absolute Gasteiger partial charge is 0.462 e. The van der Waals surface area contributed by atoms with Crippen LogP contribution in [-0.2, 0) is 9.47 Å². The lowest BCUT2D eigenvalue weighted by Crippen LogP contribution is -2.29. The Morgan fingerprint density at radius 2 is 0.953 bits per heavy atom. The standard InChI is InChI=1S/C34H45NO8/c36-21-11-7-3-1-5-9-13-23-42-33(40)26-15-18-28(19-16-26)35-31(38)29-20-17-27(25-30(29)32(35)39)34(41)43-24-14-10-6-2-4-8-12-22-37/h15-20,25,36-37H,1-14,21-24H2. The maximum atomic E-state index is 13.2. The van der Waals surface area contributed by atoms with Gasteiger partial charge in [0.25, 0.3) is 11.8 Å². The topological polar surface area (TPSA) is 130 Å². The zero-order valence-electron chi connectivity index (χ0n) is 25.1. The Bertz CT molecular complexity index is 1190. The Morgan fingerprint density at radius 3 is 1.47 bits per heavy atom. The van der Waals surface area contributed by atoms with Crippen LogP contribution in [0.2, 0.25) is 0 Å². The Kier molecular flexibility index (Phi) is 14.9. The average molecular weight is 596 g/mol. The number of aliphatic hydroxyl groups excluding tert-OH is 2. The van der Waals surface area contributed by atoms with E-state index >= 15 is 0 Å². The van der Waals surface area contributed by atoms with Crippen molar-refractivity contribution < 1.29 is 38.9 Å². The maximum absolute atomic E-state index is 13.2. The van der Waals surface area contributed by atoms with E-state index < -0.39 is 23.8 Å². The van der Waals surface area contributed by atoms with E-state index in [1.807, 2.05) is 0 Å². The van der Waals surface area contributed by atoms with Gasteiger partial charge in [-0.05, 0) is 68.1 Å². The SMILES string of the molecule is O=C(OCCCCCCCCCO)c1ccc(N2C(=O)c3ccc(C(=O)OCCCCCCCCCO)cc3C2=O)cc1. The number of anilines is 1. The van der Waals surface area contributed by atoms with E-state index in [2.05, 4.69) is 0 Å². The summed E-state index contributed by atoms with van der Waals surface area (Å²) in [6, 6.07) is 10.5. The molecule has 0 spiro atoms. The molecule has 0 aliphatic carbocycles. The van der Waals surface area contributed by atoms with Crippen LogP contribution in [0.25, 0.3) is 0 Å². The van der Waals surface area contributed by atoms with Crippen molar-refractivity contribution in [2.75, 3.05) is 31.3 Å². The van der Waals surface area contributed by atoms with Gasteiger partial charge in [-0.3, -0.25) is 9.59 Å². The van der Waals surface area contributed by atoms with Crippen molar-refractivity contribution in [3.8, 4) is 0 Å². The third-order valence-electron chi connectivity index (χ3n) is 7.55. The smallest absolute Gasteiger partial charge is 0.338 e. The van der Waals surface area contributed by atoms with Crippen molar-refractivity contribution in [2.45, 2.75) is 89.9 Å². The van der Waals surface area contributed by atoms with E-state index in [0.29, 0.717) is 17.9 Å². The molecule has 0 atom stereocenters. The molecule has 0 fully saturated rings. The van der Waals surface area contributed by atoms with E-state index in [-0.39, 0.29) is 36.5 Å². The molecule has 234 valence electrons. The summed E-state index contributed by atoms with van der Waals surface area (Å²) in [5, 5.41) is 17.6. The molecule has 9 nitrogen and oxygen atoms in total. The fourth-order valence-electron chi connectivity index (χ4n) is 5.04. The van der Waals surface area contributed by atoms with Gasteiger partial charge in [-0.15, -0.1) is 0 Å². The Hall–Kier alpha value is -3.56. The Labute approximate surface area is 254 Å². The summed E-state index contributed by atoms with van der Waals surface area (Å²) in [5.41, 5.74) is 1.21. The third kappa shape index (κ3) is 10.6. The number of carbonyl (C=O) groups is 4. The van der Waals surface area contributed by atoms with Gasteiger partial charge in [0, 0.05) is 13.2 Å². The zero-order valence-corrected chi connectivity index (χ0v) is 25.1. The van der Waals surface area contributed by atoms with Crippen LogP contribution in [0.4, 0.5) is 5.69 Å². The molecule has 43 heavy (non-hydrogen) atoms. The molecule has 1 aliphatic rings. The summed E-state index contributed by atoms with van der Waals surface area (Å²) in [4.78, 5) is 52.2. The van der Waals surface area contributed by atoms with Crippen molar-refractivity contribution >= 4 is 29.4 Å². The highest BCUT2D eigenvalue weighted by molar-refractivity contribution is 6.34. The van der Waals surface area contributed by atoms with Gasteiger partial charge in [-0.1, -0.05) is 64.2 Å². The number of nitrogens with zero attached hydrogens (tertiary/aromatic N) is 1. The highest BCUT2D eigenvalue weighted by Gasteiger charge is 2.37. The number of hydrogen-bond donors (Lipinski definition) is 2. The molecule has 1 heterocycles. The number of amides is 2. The highest BCUT2D eigenvalue weighted by Crippen LogP contribution is 2.29. The zero-order chi connectivity index (χ0) is 30.9. The van der Waals surface area contributed by atoms with Gasteiger partial charge in [0.1, 0.15) is 0 Å². The minimum Gasteiger partial charge on any atom is -0.462 e. The summed E-state index contributed by atoms with van der Waals surface area (Å²) >= 11 is 0. The first kappa shape index (κ1) is 33.9. The van der Waals surface area contributed by atoms with Crippen LogP contribution in [-0.4, -0.2) is 60.4 Å². The van der Waals surface area contributed by atoms with Crippen LogP contribution in [0.15, 0.2) is 42.5 Å². The first-order valence-corrected chi connectivity index (χ1v) is 15.7. The first-order valence-electron chi connectivity index (χ1n) is 15.7. The maximum Gasteiger partial charge on any atom is 0.338 e. The summed E-state index contributed by atoms with van der Waals surface area (Å²) in [5.74, 6) is -2.03. The Morgan fingerprint density at radius 1 is 0.535 bits per heavy atom. The van der Waals surface area contributed by atoms with Crippen molar-refractivity contribution in [2.24, 2.45) is 0 Å². The van der Waals surface area contributed by atoms with Crippen LogP contribution in [0.1, 0.15) is 131 Å². The summed E-state index contributed by atoms with van der Waals surface area (Å²) in [6.07, 6.45) is 13.7. The summed E-state index contributed by atoms with van der Waals surface area (Å²) in [6.45, 7) is 1.08. The quantitative estimate of drug-likeness (QED) is 0.0984. The van der Waals surface area contributed by atoms with Crippen molar-refractivity contribution in [1.82, 2.24) is 0 Å². The van der Waals surface area contributed by atoms with Gasteiger partial charge in [0.2, 0.25) is 0 Å².